The highest BCUT2D eigenvalue weighted by molar-refractivity contribution is 5.96. The standard InChI is InChI=1S/C23H31NO3/c1-15(25)19-10-20(22(26-2)21(11-19)24-3-5-27-6-4-24)23-12-16-7-17(13-23)9-18(8-16)14-23/h10-11,16-18H,3-9,12-14H2,1-2H3. The molecule has 4 heteroatoms. The minimum absolute atomic E-state index is 0.151. The number of nitrogens with zero attached hydrogens (tertiary/aromatic N) is 1. The van der Waals surface area contributed by atoms with Crippen LogP contribution in [-0.4, -0.2) is 39.2 Å². The van der Waals surface area contributed by atoms with E-state index in [1.165, 1.54) is 44.1 Å². The number of morpholine rings is 1. The molecule has 1 aromatic rings. The van der Waals surface area contributed by atoms with Crippen LogP contribution >= 0.6 is 0 Å². The number of hydrogen-bond acceptors (Lipinski definition) is 4. The maximum atomic E-state index is 12.4. The van der Waals surface area contributed by atoms with Gasteiger partial charge < -0.3 is 14.4 Å². The summed E-state index contributed by atoms with van der Waals surface area (Å²) in [5.41, 5.74) is 3.47. The molecule has 0 amide bonds. The molecule has 146 valence electrons. The fraction of sp³-hybridized carbons (Fsp3) is 0.696. The third kappa shape index (κ3) is 2.88. The lowest BCUT2D eigenvalue weighted by atomic mass is 9.48. The van der Waals surface area contributed by atoms with Gasteiger partial charge in [0.25, 0.3) is 0 Å². The van der Waals surface area contributed by atoms with Crippen LogP contribution in [0.2, 0.25) is 0 Å². The number of anilines is 1. The molecule has 1 saturated heterocycles. The van der Waals surface area contributed by atoms with Gasteiger partial charge in [0, 0.05) is 24.2 Å². The zero-order valence-corrected chi connectivity index (χ0v) is 16.6. The van der Waals surface area contributed by atoms with Crippen LogP contribution in [-0.2, 0) is 10.2 Å². The van der Waals surface area contributed by atoms with E-state index in [2.05, 4.69) is 17.0 Å². The molecule has 5 aliphatic rings. The van der Waals surface area contributed by atoms with Crippen molar-refractivity contribution in [1.29, 1.82) is 0 Å². The number of Topliss-reactive ketones (excluding diaryl/α,β-unsaturated/α-hetero) is 1. The van der Waals surface area contributed by atoms with Gasteiger partial charge in [0.2, 0.25) is 0 Å². The van der Waals surface area contributed by atoms with Crippen LogP contribution in [0.5, 0.6) is 5.75 Å². The van der Waals surface area contributed by atoms with E-state index in [0.29, 0.717) is 0 Å². The summed E-state index contributed by atoms with van der Waals surface area (Å²) in [4.78, 5) is 14.7. The van der Waals surface area contributed by atoms with Crippen LogP contribution in [0.25, 0.3) is 0 Å². The van der Waals surface area contributed by atoms with Gasteiger partial charge in [-0.3, -0.25) is 4.79 Å². The molecule has 4 nitrogen and oxygen atoms in total. The first kappa shape index (κ1) is 17.5. The van der Waals surface area contributed by atoms with E-state index in [4.69, 9.17) is 9.47 Å². The Hall–Kier alpha value is -1.55. The summed E-state index contributed by atoms with van der Waals surface area (Å²) in [5, 5.41) is 0. The van der Waals surface area contributed by atoms with Crippen molar-refractivity contribution in [3.63, 3.8) is 0 Å². The van der Waals surface area contributed by atoms with Crippen molar-refractivity contribution in [2.75, 3.05) is 38.3 Å². The van der Waals surface area contributed by atoms with Gasteiger partial charge in [0.05, 0.1) is 26.0 Å². The summed E-state index contributed by atoms with van der Waals surface area (Å²) >= 11 is 0. The summed E-state index contributed by atoms with van der Waals surface area (Å²) in [5.74, 6) is 3.78. The smallest absolute Gasteiger partial charge is 0.159 e. The van der Waals surface area contributed by atoms with Crippen LogP contribution in [0.15, 0.2) is 12.1 Å². The Bertz CT molecular complexity index is 715. The molecule has 0 spiro atoms. The van der Waals surface area contributed by atoms with Crippen LogP contribution in [0.4, 0.5) is 5.69 Å². The lowest BCUT2D eigenvalue weighted by Crippen LogP contribution is -2.48. The number of carbonyl (C=O) groups is 1. The van der Waals surface area contributed by atoms with Gasteiger partial charge in [-0.05, 0) is 80.8 Å². The number of ketones is 1. The van der Waals surface area contributed by atoms with Crippen molar-refractivity contribution in [2.24, 2.45) is 17.8 Å². The predicted molar refractivity (Wildman–Crippen MR) is 106 cm³/mol. The third-order valence-electron chi connectivity index (χ3n) is 7.64. The van der Waals surface area contributed by atoms with E-state index < -0.39 is 0 Å². The molecule has 4 bridgehead atoms. The van der Waals surface area contributed by atoms with Gasteiger partial charge in [-0.15, -0.1) is 0 Å². The number of carbonyl (C=O) groups excluding carboxylic acids is 1. The van der Waals surface area contributed by atoms with Gasteiger partial charge in [0.1, 0.15) is 5.75 Å². The molecular formula is C23H31NO3. The normalized spacial score (nSPS) is 34.7. The minimum Gasteiger partial charge on any atom is -0.494 e. The van der Waals surface area contributed by atoms with Gasteiger partial charge in [-0.25, -0.2) is 0 Å². The molecular weight excluding hydrogens is 338 g/mol. The van der Waals surface area contributed by atoms with E-state index in [9.17, 15) is 4.79 Å². The number of benzene rings is 1. The fourth-order valence-electron chi connectivity index (χ4n) is 6.90. The summed E-state index contributed by atoms with van der Waals surface area (Å²) in [6.07, 6.45) is 8.09. The van der Waals surface area contributed by atoms with Crippen molar-refractivity contribution in [1.82, 2.24) is 0 Å². The molecule has 0 aromatic heterocycles. The van der Waals surface area contributed by atoms with Crippen molar-refractivity contribution in [3.05, 3.63) is 23.3 Å². The second-order valence-corrected chi connectivity index (χ2v) is 9.43. The van der Waals surface area contributed by atoms with E-state index in [1.807, 2.05) is 0 Å². The Morgan fingerprint density at radius 3 is 2.19 bits per heavy atom. The number of rotatable bonds is 4. The van der Waals surface area contributed by atoms with Crippen LogP contribution in [0.1, 0.15) is 61.4 Å². The summed E-state index contributed by atoms with van der Waals surface area (Å²) in [6.45, 7) is 4.88. The van der Waals surface area contributed by atoms with Crippen molar-refractivity contribution in [2.45, 2.75) is 50.9 Å². The lowest BCUT2D eigenvalue weighted by Gasteiger charge is -2.57. The van der Waals surface area contributed by atoms with Gasteiger partial charge in [-0.1, -0.05) is 0 Å². The topological polar surface area (TPSA) is 38.8 Å². The zero-order chi connectivity index (χ0) is 18.6. The second kappa shape index (κ2) is 6.51. The fourth-order valence-corrected chi connectivity index (χ4v) is 6.90. The second-order valence-electron chi connectivity index (χ2n) is 9.43. The van der Waals surface area contributed by atoms with Crippen LogP contribution in [0.3, 0.4) is 0 Å². The Morgan fingerprint density at radius 1 is 1.07 bits per heavy atom. The molecule has 4 saturated carbocycles. The first-order valence-corrected chi connectivity index (χ1v) is 10.6. The quantitative estimate of drug-likeness (QED) is 0.746. The highest BCUT2D eigenvalue weighted by Crippen LogP contribution is 2.62. The van der Waals surface area contributed by atoms with Crippen molar-refractivity contribution < 1.29 is 14.3 Å². The Morgan fingerprint density at radius 2 is 1.67 bits per heavy atom. The average molecular weight is 370 g/mol. The summed E-state index contributed by atoms with van der Waals surface area (Å²) in [6, 6.07) is 4.23. The van der Waals surface area contributed by atoms with Crippen molar-refractivity contribution in [3.8, 4) is 5.75 Å². The largest absolute Gasteiger partial charge is 0.494 e. The maximum Gasteiger partial charge on any atom is 0.159 e. The van der Waals surface area contributed by atoms with Crippen LogP contribution in [0, 0.1) is 17.8 Å². The Labute approximate surface area is 162 Å². The molecule has 4 aliphatic carbocycles. The molecule has 0 atom stereocenters. The molecule has 6 rings (SSSR count). The third-order valence-corrected chi connectivity index (χ3v) is 7.64. The first-order chi connectivity index (χ1) is 13.1. The lowest BCUT2D eigenvalue weighted by molar-refractivity contribution is -0.00615. The van der Waals surface area contributed by atoms with Crippen molar-refractivity contribution >= 4 is 11.5 Å². The molecule has 1 aliphatic heterocycles. The minimum atomic E-state index is 0.151. The summed E-state index contributed by atoms with van der Waals surface area (Å²) < 4.78 is 11.6. The molecule has 1 aromatic carbocycles. The molecule has 0 radical (unpaired) electrons. The van der Waals surface area contributed by atoms with Crippen LogP contribution < -0.4 is 9.64 Å². The highest BCUT2D eigenvalue weighted by atomic mass is 16.5. The van der Waals surface area contributed by atoms with E-state index >= 15 is 0 Å². The SMILES string of the molecule is COc1c(N2CCOCC2)cc(C(C)=O)cc1C12CC3CC(CC(C3)C1)C2. The Balaban J connectivity index is 1.64. The summed E-state index contributed by atoms with van der Waals surface area (Å²) in [7, 11) is 1.80. The molecule has 27 heavy (non-hydrogen) atoms. The number of ether oxygens (including phenoxy) is 2. The average Bonchev–Trinajstić information content (AvgIpc) is 2.66. The van der Waals surface area contributed by atoms with Gasteiger partial charge in [0.15, 0.2) is 5.78 Å². The Kier molecular flexibility index (Phi) is 4.23. The predicted octanol–water partition coefficient (Wildman–Crippen LogP) is 4.20. The molecule has 5 fully saturated rings. The zero-order valence-electron chi connectivity index (χ0n) is 16.6. The molecule has 0 N–H and O–H groups in total. The van der Waals surface area contributed by atoms with Gasteiger partial charge >= 0.3 is 0 Å². The maximum absolute atomic E-state index is 12.4. The first-order valence-electron chi connectivity index (χ1n) is 10.6. The van der Waals surface area contributed by atoms with E-state index in [-0.39, 0.29) is 11.2 Å². The number of hydrogen-bond donors (Lipinski definition) is 0. The van der Waals surface area contributed by atoms with E-state index in [1.54, 1.807) is 14.0 Å². The monoisotopic (exact) mass is 369 g/mol. The van der Waals surface area contributed by atoms with Gasteiger partial charge in [-0.2, -0.15) is 0 Å². The van der Waals surface area contributed by atoms with E-state index in [0.717, 1.165) is 61.1 Å². The molecule has 0 unspecified atom stereocenters. The highest BCUT2D eigenvalue weighted by Gasteiger charge is 2.53. The molecule has 1 heterocycles. The number of methoxy groups -OCH3 is 1.